The highest BCUT2D eigenvalue weighted by Crippen LogP contribution is 2.39. The summed E-state index contributed by atoms with van der Waals surface area (Å²) in [5.41, 5.74) is -5.67. The quantitative estimate of drug-likeness (QED) is 0.234. The zero-order valence-corrected chi connectivity index (χ0v) is 13.4. The predicted octanol–water partition coefficient (Wildman–Crippen LogP) is 3.42. The molecule has 0 aliphatic rings. The summed E-state index contributed by atoms with van der Waals surface area (Å²) in [6, 6.07) is 2.03. The van der Waals surface area contributed by atoms with E-state index in [0.717, 1.165) is 12.1 Å². The summed E-state index contributed by atoms with van der Waals surface area (Å²) in [5.74, 6) is -2.65. The van der Waals surface area contributed by atoms with E-state index in [-0.39, 0.29) is 0 Å². The maximum Gasteiger partial charge on any atom is 0.446 e. The third kappa shape index (κ3) is 7.72. The van der Waals surface area contributed by atoms with Gasteiger partial charge < -0.3 is 4.74 Å². The Bertz CT molecular complexity index is 691. The van der Waals surface area contributed by atoms with E-state index in [9.17, 15) is 45.5 Å². The Kier molecular flexibility index (Phi) is 6.82. The summed E-state index contributed by atoms with van der Waals surface area (Å²) in [7, 11) is -2.48. The van der Waals surface area contributed by atoms with Gasteiger partial charge in [-0.3, -0.25) is 19.1 Å². The highest BCUT2D eigenvalue weighted by molar-refractivity contribution is 8.00. The van der Waals surface area contributed by atoms with Gasteiger partial charge in [-0.05, 0) is 23.9 Å². The Morgan fingerprint density at radius 3 is 2.32 bits per heavy atom. The van der Waals surface area contributed by atoms with Gasteiger partial charge >= 0.3 is 17.7 Å². The van der Waals surface area contributed by atoms with Crippen molar-refractivity contribution in [2.24, 2.45) is 0 Å². The molecule has 0 heterocycles. The van der Waals surface area contributed by atoms with Crippen molar-refractivity contribution in [2.75, 3.05) is 12.4 Å². The van der Waals surface area contributed by atoms with E-state index < -0.39 is 73.0 Å². The van der Waals surface area contributed by atoms with Crippen molar-refractivity contribution in [3.8, 4) is 0 Å². The minimum absolute atomic E-state index is 0.506. The number of carbonyl (C=O) groups excluding carboxylic acids is 1. The van der Waals surface area contributed by atoms with Crippen LogP contribution in [0.15, 0.2) is 28.0 Å². The minimum Gasteiger partial charge on any atom is -0.455 e. The number of hydrogen-bond acceptors (Lipinski definition) is 6. The topological polar surface area (TPSA) is 86.5 Å². The zero-order valence-electron chi connectivity index (χ0n) is 11.7. The Hall–Kier alpha value is -1.83. The smallest absolute Gasteiger partial charge is 0.446 e. The highest BCUT2D eigenvalue weighted by Gasteiger charge is 2.32. The third-order valence-electron chi connectivity index (χ3n) is 2.25. The SMILES string of the molecule is O=C(CS(=O)c1ccc(SC(F)(F)F)cc1[N+](=O)[O-])OCC(F)(F)F. The summed E-state index contributed by atoms with van der Waals surface area (Å²) in [6.07, 6.45) is -4.81. The van der Waals surface area contributed by atoms with Gasteiger partial charge in [-0.25, -0.2) is 0 Å². The Morgan fingerprint density at radius 1 is 1.24 bits per heavy atom. The lowest BCUT2D eigenvalue weighted by molar-refractivity contribution is -0.388. The van der Waals surface area contributed by atoms with E-state index in [2.05, 4.69) is 4.74 Å². The molecule has 1 aromatic rings. The summed E-state index contributed by atoms with van der Waals surface area (Å²) in [6.45, 7) is -1.92. The maximum absolute atomic E-state index is 12.3. The number of ether oxygens (including phenoxy) is 1. The Morgan fingerprint density at radius 2 is 1.84 bits per heavy atom. The van der Waals surface area contributed by atoms with Crippen LogP contribution >= 0.6 is 11.8 Å². The zero-order chi connectivity index (χ0) is 19.4. The highest BCUT2D eigenvalue weighted by atomic mass is 32.2. The molecule has 0 saturated heterocycles. The maximum atomic E-state index is 12.3. The minimum atomic E-state index is -4.81. The number of nitrogens with zero attached hydrogens (tertiary/aromatic N) is 1. The van der Waals surface area contributed by atoms with Gasteiger partial charge in [0.2, 0.25) is 0 Å². The molecule has 14 heteroatoms. The second-order valence-electron chi connectivity index (χ2n) is 4.20. The first-order valence-corrected chi connectivity index (χ1v) is 8.07. The molecule has 140 valence electrons. The first kappa shape index (κ1) is 21.2. The molecule has 1 unspecified atom stereocenters. The summed E-state index contributed by atoms with van der Waals surface area (Å²) >= 11 is -0.643. The van der Waals surface area contributed by atoms with Crippen molar-refractivity contribution in [2.45, 2.75) is 21.5 Å². The number of thioether (sulfide) groups is 1. The number of hydrogen-bond donors (Lipinski definition) is 0. The molecule has 0 aliphatic carbocycles. The number of nitro benzene ring substituents is 1. The normalized spacial score (nSPS) is 13.4. The Labute approximate surface area is 142 Å². The van der Waals surface area contributed by atoms with Crippen molar-refractivity contribution in [1.82, 2.24) is 0 Å². The van der Waals surface area contributed by atoms with Crippen LogP contribution in [0.2, 0.25) is 0 Å². The van der Waals surface area contributed by atoms with Crippen molar-refractivity contribution in [3.63, 3.8) is 0 Å². The molecule has 0 N–H and O–H groups in total. The predicted molar refractivity (Wildman–Crippen MR) is 73.3 cm³/mol. The van der Waals surface area contributed by atoms with Crippen LogP contribution in [-0.2, 0) is 20.3 Å². The first-order valence-electron chi connectivity index (χ1n) is 5.93. The number of nitro groups is 1. The molecule has 0 spiro atoms. The van der Waals surface area contributed by atoms with Gasteiger partial charge in [-0.15, -0.1) is 0 Å². The van der Waals surface area contributed by atoms with Gasteiger partial charge in [-0.2, -0.15) is 26.3 Å². The van der Waals surface area contributed by atoms with Crippen LogP contribution in [0.5, 0.6) is 0 Å². The summed E-state index contributed by atoms with van der Waals surface area (Å²) < 4.78 is 88.2. The van der Waals surface area contributed by atoms with Crippen molar-refractivity contribution < 1.29 is 45.0 Å². The van der Waals surface area contributed by atoms with Gasteiger partial charge in [0.05, 0.1) is 15.7 Å². The molecule has 0 bridgehead atoms. The fraction of sp³-hybridized carbons (Fsp3) is 0.364. The lowest BCUT2D eigenvalue weighted by Crippen LogP contribution is -2.23. The molecule has 25 heavy (non-hydrogen) atoms. The van der Waals surface area contributed by atoms with Crippen molar-refractivity contribution >= 4 is 34.2 Å². The molecule has 0 saturated carbocycles. The standard InChI is InChI=1S/C11H7F6NO5S2/c12-10(13,14)5-23-9(19)4-25(22)8-2-1-6(24-11(15,16)17)3-7(8)18(20)21/h1-3H,4-5H2. The second kappa shape index (κ2) is 8.03. The number of alkyl halides is 6. The van der Waals surface area contributed by atoms with Crippen LogP contribution in [0.4, 0.5) is 32.0 Å². The van der Waals surface area contributed by atoms with E-state index in [0.29, 0.717) is 6.07 Å². The van der Waals surface area contributed by atoms with Crippen LogP contribution in [0.25, 0.3) is 0 Å². The van der Waals surface area contributed by atoms with E-state index in [1.165, 1.54) is 0 Å². The molecule has 6 nitrogen and oxygen atoms in total. The van der Waals surface area contributed by atoms with Crippen LogP contribution in [0.3, 0.4) is 0 Å². The largest absolute Gasteiger partial charge is 0.455 e. The fourth-order valence-electron chi connectivity index (χ4n) is 1.42. The molecule has 0 aromatic heterocycles. The molecular formula is C11H7F6NO5S2. The van der Waals surface area contributed by atoms with E-state index in [1.807, 2.05) is 0 Å². The Balaban J connectivity index is 2.94. The average molecular weight is 411 g/mol. The number of carbonyl (C=O) groups is 1. The van der Waals surface area contributed by atoms with Crippen LogP contribution in [0.1, 0.15) is 0 Å². The van der Waals surface area contributed by atoms with Crippen LogP contribution in [0, 0.1) is 10.1 Å². The van der Waals surface area contributed by atoms with Crippen LogP contribution < -0.4 is 0 Å². The number of halogens is 6. The summed E-state index contributed by atoms with van der Waals surface area (Å²) in [4.78, 5) is 19.8. The monoisotopic (exact) mass is 411 g/mol. The molecule has 0 amide bonds. The van der Waals surface area contributed by atoms with Crippen LogP contribution in [-0.4, -0.2) is 39.1 Å². The van der Waals surface area contributed by atoms with Gasteiger partial charge in [0, 0.05) is 11.0 Å². The van der Waals surface area contributed by atoms with Gasteiger partial charge in [-0.1, -0.05) is 0 Å². The average Bonchev–Trinajstić information content (AvgIpc) is 2.42. The summed E-state index contributed by atoms with van der Waals surface area (Å²) in [5, 5.41) is 10.9. The van der Waals surface area contributed by atoms with Gasteiger partial charge in [0.25, 0.3) is 5.69 Å². The molecular weight excluding hydrogens is 404 g/mol. The molecule has 0 aliphatic heterocycles. The molecule has 0 radical (unpaired) electrons. The van der Waals surface area contributed by atoms with E-state index >= 15 is 0 Å². The molecule has 1 aromatic carbocycles. The number of esters is 1. The van der Waals surface area contributed by atoms with Gasteiger partial charge in [0.15, 0.2) is 6.61 Å². The third-order valence-corrected chi connectivity index (χ3v) is 4.31. The molecule has 1 atom stereocenters. The first-order chi connectivity index (χ1) is 11.3. The lowest BCUT2D eigenvalue weighted by atomic mass is 10.3. The van der Waals surface area contributed by atoms with Gasteiger partial charge in [0.1, 0.15) is 10.6 Å². The number of rotatable bonds is 6. The fourth-order valence-corrected chi connectivity index (χ4v) is 3.03. The van der Waals surface area contributed by atoms with Crippen molar-refractivity contribution in [3.05, 3.63) is 28.3 Å². The second-order valence-corrected chi connectivity index (χ2v) is 6.76. The van der Waals surface area contributed by atoms with E-state index in [1.54, 1.807) is 0 Å². The number of benzene rings is 1. The molecule has 0 fully saturated rings. The van der Waals surface area contributed by atoms with Crippen molar-refractivity contribution in [1.29, 1.82) is 0 Å². The lowest BCUT2D eigenvalue weighted by Gasteiger charge is -2.09. The van der Waals surface area contributed by atoms with E-state index in [4.69, 9.17) is 0 Å². The molecule has 1 rings (SSSR count).